The van der Waals surface area contributed by atoms with Crippen molar-refractivity contribution in [3.05, 3.63) is 94.5 Å². The van der Waals surface area contributed by atoms with Crippen molar-refractivity contribution in [3.63, 3.8) is 0 Å². The molecule has 0 radical (unpaired) electrons. The summed E-state index contributed by atoms with van der Waals surface area (Å²) in [6.45, 7) is 0.389. The standard InChI is InChI=1S/C24H21Cl2N5O/c25-18-12-11-16(20(26)15-18)13-14-28-24(32)29-22-21(17-7-3-1-4-8-17)30-31(23(22)27)19-9-5-2-6-10-19/h1-12,15H,13-14,27H2,(H2,28,29,32). The fourth-order valence-electron chi connectivity index (χ4n) is 3.31. The number of amides is 2. The number of carbonyl (C=O) groups excluding carboxylic acids is 1. The first-order valence-corrected chi connectivity index (χ1v) is 10.8. The van der Waals surface area contributed by atoms with Crippen LogP contribution in [0.15, 0.2) is 78.9 Å². The molecule has 4 rings (SSSR count). The maximum atomic E-state index is 12.7. The van der Waals surface area contributed by atoms with Crippen molar-refractivity contribution < 1.29 is 4.79 Å². The van der Waals surface area contributed by atoms with Crippen LogP contribution in [0, 0.1) is 0 Å². The van der Waals surface area contributed by atoms with Gasteiger partial charge in [-0.1, -0.05) is 77.8 Å². The summed E-state index contributed by atoms with van der Waals surface area (Å²) in [6.07, 6.45) is 0.563. The van der Waals surface area contributed by atoms with Gasteiger partial charge in [0.2, 0.25) is 0 Å². The van der Waals surface area contributed by atoms with Gasteiger partial charge in [0.25, 0.3) is 0 Å². The minimum absolute atomic E-state index is 0.339. The predicted molar refractivity (Wildman–Crippen MR) is 131 cm³/mol. The van der Waals surface area contributed by atoms with Gasteiger partial charge in [-0.3, -0.25) is 0 Å². The predicted octanol–water partition coefficient (Wildman–Crippen LogP) is 5.79. The van der Waals surface area contributed by atoms with Crippen molar-refractivity contribution in [1.29, 1.82) is 0 Å². The minimum atomic E-state index is -0.383. The quantitative estimate of drug-likeness (QED) is 0.336. The van der Waals surface area contributed by atoms with Gasteiger partial charge in [-0.05, 0) is 36.2 Å². The number of aromatic nitrogens is 2. The molecule has 2 amide bonds. The van der Waals surface area contributed by atoms with Gasteiger partial charge in [-0.25, -0.2) is 9.48 Å². The highest BCUT2D eigenvalue weighted by atomic mass is 35.5. The van der Waals surface area contributed by atoms with Gasteiger partial charge in [-0.15, -0.1) is 0 Å². The van der Waals surface area contributed by atoms with Gasteiger partial charge >= 0.3 is 6.03 Å². The van der Waals surface area contributed by atoms with Crippen LogP contribution in [0.5, 0.6) is 0 Å². The highest BCUT2D eigenvalue weighted by Crippen LogP contribution is 2.34. The summed E-state index contributed by atoms with van der Waals surface area (Å²) in [4.78, 5) is 12.7. The van der Waals surface area contributed by atoms with E-state index < -0.39 is 0 Å². The van der Waals surface area contributed by atoms with Crippen LogP contribution in [-0.2, 0) is 6.42 Å². The first kappa shape index (κ1) is 21.7. The lowest BCUT2D eigenvalue weighted by Gasteiger charge is -2.10. The molecule has 4 N–H and O–H groups in total. The molecule has 0 spiro atoms. The molecular weight excluding hydrogens is 445 g/mol. The van der Waals surface area contributed by atoms with E-state index in [9.17, 15) is 4.79 Å². The van der Waals surface area contributed by atoms with Crippen molar-refractivity contribution in [2.45, 2.75) is 6.42 Å². The Morgan fingerprint density at radius 3 is 2.34 bits per heavy atom. The van der Waals surface area contributed by atoms with Gasteiger partial charge in [-0.2, -0.15) is 5.10 Å². The molecule has 0 aliphatic heterocycles. The maximum absolute atomic E-state index is 12.7. The van der Waals surface area contributed by atoms with E-state index in [0.29, 0.717) is 40.2 Å². The number of urea groups is 1. The van der Waals surface area contributed by atoms with Crippen molar-refractivity contribution in [3.8, 4) is 16.9 Å². The van der Waals surface area contributed by atoms with Gasteiger partial charge in [0, 0.05) is 22.2 Å². The molecule has 0 aliphatic rings. The number of hydrogen-bond acceptors (Lipinski definition) is 3. The number of nitrogens with one attached hydrogen (secondary N) is 2. The number of anilines is 2. The number of nitrogen functional groups attached to an aromatic ring is 1. The average Bonchev–Trinajstić information content (AvgIpc) is 3.12. The Morgan fingerprint density at radius 2 is 1.66 bits per heavy atom. The van der Waals surface area contributed by atoms with Crippen molar-refractivity contribution >= 4 is 40.7 Å². The van der Waals surface area contributed by atoms with Crippen molar-refractivity contribution in [1.82, 2.24) is 15.1 Å². The van der Waals surface area contributed by atoms with Crippen LogP contribution in [-0.4, -0.2) is 22.4 Å². The summed E-state index contributed by atoms with van der Waals surface area (Å²) in [6, 6.07) is 24.0. The average molecular weight is 466 g/mol. The molecule has 0 aliphatic carbocycles. The van der Waals surface area contributed by atoms with Gasteiger partial charge in [0.1, 0.15) is 11.4 Å². The Hall–Kier alpha value is -3.48. The van der Waals surface area contributed by atoms with Gasteiger partial charge in [0.15, 0.2) is 5.82 Å². The highest BCUT2D eigenvalue weighted by molar-refractivity contribution is 6.35. The lowest BCUT2D eigenvalue weighted by molar-refractivity contribution is 0.252. The molecule has 162 valence electrons. The zero-order chi connectivity index (χ0) is 22.5. The summed E-state index contributed by atoms with van der Waals surface area (Å²) < 4.78 is 1.62. The summed E-state index contributed by atoms with van der Waals surface area (Å²) in [5.41, 5.74) is 9.98. The van der Waals surface area contributed by atoms with Crippen LogP contribution in [0.25, 0.3) is 16.9 Å². The Kier molecular flexibility index (Phi) is 6.63. The molecule has 0 atom stereocenters. The maximum Gasteiger partial charge on any atom is 0.319 e. The Balaban J connectivity index is 1.54. The number of carbonyl (C=O) groups is 1. The third-order valence-corrected chi connectivity index (χ3v) is 5.49. The molecule has 0 bridgehead atoms. The van der Waals surface area contributed by atoms with E-state index in [1.54, 1.807) is 16.8 Å². The fourth-order valence-corrected chi connectivity index (χ4v) is 3.81. The lowest BCUT2D eigenvalue weighted by atomic mass is 10.1. The van der Waals surface area contributed by atoms with Crippen LogP contribution < -0.4 is 16.4 Å². The molecule has 32 heavy (non-hydrogen) atoms. The minimum Gasteiger partial charge on any atom is -0.382 e. The summed E-state index contributed by atoms with van der Waals surface area (Å²) >= 11 is 12.1. The van der Waals surface area contributed by atoms with Crippen molar-refractivity contribution in [2.75, 3.05) is 17.6 Å². The van der Waals surface area contributed by atoms with Crippen LogP contribution in [0.4, 0.5) is 16.3 Å². The molecule has 8 heteroatoms. The molecule has 3 aromatic carbocycles. The lowest BCUT2D eigenvalue weighted by Crippen LogP contribution is -2.30. The molecule has 0 saturated carbocycles. The van der Waals surface area contributed by atoms with E-state index in [1.807, 2.05) is 66.7 Å². The summed E-state index contributed by atoms with van der Waals surface area (Å²) in [5.74, 6) is 0.339. The SMILES string of the molecule is Nc1c(NC(=O)NCCc2ccc(Cl)cc2Cl)c(-c2ccccc2)nn1-c1ccccc1. The number of halogens is 2. The third-order valence-electron chi connectivity index (χ3n) is 4.90. The Bertz CT molecular complexity index is 1230. The topological polar surface area (TPSA) is 85.0 Å². The van der Waals surface area contributed by atoms with Crippen LogP contribution >= 0.6 is 23.2 Å². The van der Waals surface area contributed by atoms with E-state index in [0.717, 1.165) is 16.8 Å². The zero-order valence-corrected chi connectivity index (χ0v) is 18.6. The van der Waals surface area contributed by atoms with Crippen LogP contribution in [0.1, 0.15) is 5.56 Å². The Labute approximate surface area is 196 Å². The number of benzene rings is 3. The molecule has 1 aromatic heterocycles. The number of para-hydroxylation sites is 1. The molecule has 4 aromatic rings. The van der Waals surface area contributed by atoms with E-state index in [1.165, 1.54) is 0 Å². The molecular formula is C24H21Cl2N5O. The zero-order valence-electron chi connectivity index (χ0n) is 17.1. The van der Waals surface area contributed by atoms with Gasteiger partial charge in [0.05, 0.1) is 5.69 Å². The van der Waals surface area contributed by atoms with Crippen LogP contribution in [0.2, 0.25) is 10.0 Å². The second kappa shape index (κ2) is 9.77. The molecule has 0 unspecified atom stereocenters. The normalized spacial score (nSPS) is 10.7. The highest BCUT2D eigenvalue weighted by Gasteiger charge is 2.20. The summed E-state index contributed by atoms with van der Waals surface area (Å²) in [5, 5.41) is 11.5. The Morgan fingerprint density at radius 1 is 0.969 bits per heavy atom. The molecule has 1 heterocycles. The van der Waals surface area contributed by atoms with E-state index in [2.05, 4.69) is 15.7 Å². The van der Waals surface area contributed by atoms with E-state index in [4.69, 9.17) is 28.9 Å². The largest absolute Gasteiger partial charge is 0.382 e. The number of rotatable bonds is 6. The van der Waals surface area contributed by atoms with E-state index >= 15 is 0 Å². The first-order valence-electron chi connectivity index (χ1n) is 10.0. The van der Waals surface area contributed by atoms with Gasteiger partial charge < -0.3 is 16.4 Å². The second-order valence-corrected chi connectivity index (χ2v) is 7.93. The number of nitrogens with zero attached hydrogens (tertiary/aromatic N) is 2. The first-order chi connectivity index (χ1) is 15.5. The third kappa shape index (κ3) is 4.88. The smallest absolute Gasteiger partial charge is 0.319 e. The monoisotopic (exact) mass is 465 g/mol. The summed E-state index contributed by atoms with van der Waals surface area (Å²) in [7, 11) is 0. The van der Waals surface area contributed by atoms with Crippen LogP contribution in [0.3, 0.4) is 0 Å². The molecule has 0 fully saturated rings. The number of nitrogens with two attached hydrogens (primary N) is 1. The fraction of sp³-hybridized carbons (Fsp3) is 0.0833. The molecule has 0 saturated heterocycles. The molecule has 6 nitrogen and oxygen atoms in total. The second-order valence-electron chi connectivity index (χ2n) is 7.09. The van der Waals surface area contributed by atoms with Crippen molar-refractivity contribution in [2.24, 2.45) is 0 Å². The van der Waals surface area contributed by atoms with E-state index in [-0.39, 0.29) is 6.03 Å². The number of hydrogen-bond donors (Lipinski definition) is 3.